The van der Waals surface area contributed by atoms with Crippen molar-refractivity contribution in [1.82, 2.24) is 14.8 Å². The molecule has 2 fully saturated rings. The number of fused-ring (bicyclic) bond motifs is 1. The second-order valence-corrected chi connectivity index (χ2v) is 9.79. The fourth-order valence-electron chi connectivity index (χ4n) is 3.42. The molecule has 35 heavy (non-hydrogen) atoms. The zero-order valence-corrected chi connectivity index (χ0v) is 21.5. The van der Waals surface area contributed by atoms with Crippen molar-refractivity contribution in [3.05, 3.63) is 48.3 Å². The maximum absolute atomic E-state index is 12.3. The Kier molecular flexibility index (Phi) is 10.1. The van der Waals surface area contributed by atoms with Crippen molar-refractivity contribution in [3.8, 4) is 0 Å². The molecule has 8 nitrogen and oxygen atoms in total. The lowest BCUT2D eigenvalue weighted by molar-refractivity contribution is -0.116. The predicted octanol–water partition coefficient (Wildman–Crippen LogP) is 4.88. The molecule has 0 spiro atoms. The molecule has 0 unspecified atom stereocenters. The number of ether oxygens (including phenoxy) is 1. The van der Waals surface area contributed by atoms with Gasteiger partial charge < -0.3 is 15.8 Å². The molecular weight excluding hydrogens is 462 g/mol. The summed E-state index contributed by atoms with van der Waals surface area (Å²) in [5.74, 6) is 0.475. The number of carbonyl (C=O) groups is 2. The van der Waals surface area contributed by atoms with Gasteiger partial charge in [0.2, 0.25) is 11.8 Å². The lowest BCUT2D eigenvalue weighted by Gasteiger charge is -2.16. The van der Waals surface area contributed by atoms with Gasteiger partial charge in [0.1, 0.15) is 12.4 Å². The first-order chi connectivity index (χ1) is 17.0. The smallest absolute Gasteiger partial charge is 0.250 e. The number of hydrogen-bond donors (Lipinski definition) is 2. The number of benzene rings is 1. The summed E-state index contributed by atoms with van der Waals surface area (Å²) in [6.07, 6.45) is 8.20. The number of anilines is 1. The molecule has 2 aliphatic rings. The Morgan fingerprint density at radius 3 is 2.43 bits per heavy atom. The number of amides is 2. The summed E-state index contributed by atoms with van der Waals surface area (Å²) in [6, 6.07) is 9.13. The van der Waals surface area contributed by atoms with Gasteiger partial charge in [0.25, 0.3) is 0 Å². The number of aromatic nitrogens is 3. The maximum Gasteiger partial charge on any atom is 0.250 e. The molecule has 1 saturated carbocycles. The van der Waals surface area contributed by atoms with Gasteiger partial charge in [-0.15, -0.1) is 11.8 Å². The Morgan fingerprint density at radius 1 is 1.11 bits per heavy atom. The first-order valence-electron chi connectivity index (χ1n) is 12.2. The van der Waals surface area contributed by atoms with Crippen LogP contribution in [-0.4, -0.2) is 45.0 Å². The fourth-order valence-corrected chi connectivity index (χ4v) is 4.59. The van der Waals surface area contributed by atoms with E-state index in [4.69, 9.17) is 10.5 Å². The summed E-state index contributed by atoms with van der Waals surface area (Å²) in [7, 11) is 0. The number of nitrogens with two attached hydrogens (primary N) is 1. The molecule has 2 aromatic heterocycles. The highest BCUT2D eigenvalue weighted by Crippen LogP contribution is 2.41. The molecule has 1 aliphatic carbocycles. The summed E-state index contributed by atoms with van der Waals surface area (Å²) >= 11 is 1.88. The highest BCUT2D eigenvalue weighted by Gasteiger charge is 2.23. The Bertz CT molecular complexity index is 1110. The standard InChI is InChI=1S/C18H17N5O2S.C6H12O.C2H6/c19-18(25)11-4-7-16(20-8-11)22-17(24)10-23-14-2-1-3-15(13(14)9-21-23)26-12-5-6-12;1-6-2-4-7-5-3-6;1-2/h1-4,7-9,12H,5-6,10H2,(H2,19,25)(H,20,22,24);6H,2-5H2,1H3;1-2H3. The van der Waals surface area contributed by atoms with Crippen LogP contribution in [0.3, 0.4) is 0 Å². The average molecular weight is 498 g/mol. The topological polar surface area (TPSA) is 112 Å². The van der Waals surface area contributed by atoms with Crippen LogP contribution in [0.25, 0.3) is 10.9 Å². The van der Waals surface area contributed by atoms with Crippen molar-refractivity contribution >= 4 is 40.3 Å². The van der Waals surface area contributed by atoms with Crippen molar-refractivity contribution < 1.29 is 14.3 Å². The van der Waals surface area contributed by atoms with Gasteiger partial charge in [0, 0.05) is 34.9 Å². The van der Waals surface area contributed by atoms with E-state index in [9.17, 15) is 9.59 Å². The van der Waals surface area contributed by atoms with Crippen LogP contribution in [0.5, 0.6) is 0 Å². The lowest BCUT2D eigenvalue weighted by atomic mass is 10.0. The van der Waals surface area contributed by atoms with E-state index in [2.05, 4.69) is 28.4 Å². The van der Waals surface area contributed by atoms with Crippen molar-refractivity contribution in [2.75, 3.05) is 18.5 Å². The van der Waals surface area contributed by atoms with Crippen molar-refractivity contribution in [1.29, 1.82) is 0 Å². The molecule has 1 aliphatic heterocycles. The largest absolute Gasteiger partial charge is 0.381 e. The van der Waals surface area contributed by atoms with Gasteiger partial charge >= 0.3 is 0 Å². The number of primary amides is 1. The van der Waals surface area contributed by atoms with Gasteiger partial charge in [-0.25, -0.2) is 4.98 Å². The minimum absolute atomic E-state index is 0.0836. The summed E-state index contributed by atoms with van der Waals surface area (Å²) in [6.45, 7) is 8.34. The first kappa shape index (κ1) is 26.7. The highest BCUT2D eigenvalue weighted by molar-refractivity contribution is 8.00. The van der Waals surface area contributed by atoms with Crippen LogP contribution in [0.4, 0.5) is 5.82 Å². The second-order valence-electron chi connectivity index (χ2n) is 8.45. The van der Waals surface area contributed by atoms with Crippen LogP contribution < -0.4 is 11.1 Å². The Balaban J connectivity index is 0.000000324. The second kappa shape index (κ2) is 13.3. The molecule has 3 N–H and O–H groups in total. The molecule has 1 saturated heterocycles. The maximum atomic E-state index is 12.3. The van der Waals surface area contributed by atoms with Crippen molar-refractivity contribution in [3.63, 3.8) is 0 Å². The molecule has 0 atom stereocenters. The van der Waals surface area contributed by atoms with Gasteiger partial charge in [-0.3, -0.25) is 14.3 Å². The highest BCUT2D eigenvalue weighted by atomic mass is 32.2. The van der Waals surface area contributed by atoms with Crippen LogP contribution in [0.2, 0.25) is 0 Å². The van der Waals surface area contributed by atoms with E-state index >= 15 is 0 Å². The van der Waals surface area contributed by atoms with Crippen LogP contribution >= 0.6 is 11.8 Å². The van der Waals surface area contributed by atoms with Crippen LogP contribution in [0.15, 0.2) is 47.6 Å². The van der Waals surface area contributed by atoms with E-state index in [1.807, 2.05) is 43.9 Å². The zero-order chi connectivity index (χ0) is 25.2. The minimum Gasteiger partial charge on any atom is -0.381 e. The molecule has 2 amide bonds. The third-order valence-electron chi connectivity index (χ3n) is 5.58. The number of hydrogen-bond acceptors (Lipinski definition) is 6. The van der Waals surface area contributed by atoms with E-state index in [1.54, 1.807) is 10.7 Å². The van der Waals surface area contributed by atoms with Gasteiger partial charge in [-0.05, 0) is 55.9 Å². The number of nitrogens with one attached hydrogen (secondary N) is 1. The monoisotopic (exact) mass is 497 g/mol. The molecule has 1 aromatic carbocycles. The number of pyridine rings is 1. The van der Waals surface area contributed by atoms with Gasteiger partial charge in [0.05, 0.1) is 17.3 Å². The van der Waals surface area contributed by atoms with E-state index in [0.717, 1.165) is 30.0 Å². The summed E-state index contributed by atoms with van der Waals surface area (Å²) in [4.78, 5) is 28.6. The number of carbonyl (C=O) groups excluding carboxylic acids is 2. The Labute approximate surface area is 211 Å². The quantitative estimate of drug-likeness (QED) is 0.502. The Morgan fingerprint density at radius 2 is 1.86 bits per heavy atom. The summed E-state index contributed by atoms with van der Waals surface area (Å²) in [5, 5.41) is 8.84. The molecule has 3 heterocycles. The molecular formula is C26H35N5O3S. The molecule has 3 aromatic rings. The molecule has 9 heteroatoms. The van der Waals surface area contributed by atoms with Crippen molar-refractivity contribution in [2.24, 2.45) is 11.7 Å². The number of nitrogens with zero attached hydrogens (tertiary/aromatic N) is 3. The molecule has 0 bridgehead atoms. The SMILES string of the molecule is CC.CC1CCOCC1.NC(=O)c1ccc(NC(=O)Cn2ncc3c(SC4CC4)cccc32)nc1. The molecule has 5 rings (SSSR count). The molecule has 188 valence electrons. The van der Waals surface area contributed by atoms with Gasteiger partial charge in [-0.1, -0.05) is 26.8 Å². The van der Waals surface area contributed by atoms with E-state index in [-0.39, 0.29) is 12.5 Å². The van der Waals surface area contributed by atoms with Crippen LogP contribution in [0.1, 0.15) is 56.8 Å². The van der Waals surface area contributed by atoms with E-state index < -0.39 is 5.91 Å². The third kappa shape index (κ3) is 8.07. The minimum atomic E-state index is -0.557. The number of rotatable bonds is 6. The fraction of sp³-hybridized carbons (Fsp3) is 0.462. The zero-order valence-electron chi connectivity index (χ0n) is 20.7. The predicted molar refractivity (Wildman–Crippen MR) is 141 cm³/mol. The lowest BCUT2D eigenvalue weighted by Crippen LogP contribution is -2.20. The molecule has 0 radical (unpaired) electrons. The third-order valence-corrected chi connectivity index (χ3v) is 7.00. The normalized spacial score (nSPS) is 15.4. The van der Waals surface area contributed by atoms with Gasteiger partial charge in [-0.2, -0.15) is 5.10 Å². The van der Waals surface area contributed by atoms with Crippen LogP contribution in [0, 0.1) is 5.92 Å². The van der Waals surface area contributed by atoms with Crippen LogP contribution in [-0.2, 0) is 16.1 Å². The number of thioether (sulfide) groups is 1. The van der Waals surface area contributed by atoms with E-state index in [0.29, 0.717) is 16.6 Å². The Hall–Kier alpha value is -2.91. The average Bonchev–Trinajstić information content (AvgIpc) is 3.60. The summed E-state index contributed by atoms with van der Waals surface area (Å²) in [5.41, 5.74) is 6.40. The summed E-state index contributed by atoms with van der Waals surface area (Å²) < 4.78 is 6.82. The van der Waals surface area contributed by atoms with Gasteiger partial charge in [0.15, 0.2) is 0 Å². The van der Waals surface area contributed by atoms with E-state index in [1.165, 1.54) is 42.8 Å². The van der Waals surface area contributed by atoms with Crippen molar-refractivity contribution in [2.45, 2.75) is 63.1 Å². The first-order valence-corrected chi connectivity index (χ1v) is 13.1.